The maximum absolute atomic E-state index is 12.9. The van der Waals surface area contributed by atoms with E-state index < -0.39 is 5.91 Å². The van der Waals surface area contributed by atoms with Crippen LogP contribution < -0.4 is 24.3 Å². The topological polar surface area (TPSA) is 103 Å². The summed E-state index contributed by atoms with van der Waals surface area (Å²) >= 11 is 0.858. The molecule has 0 aliphatic carbocycles. The number of carbonyl (C=O) groups is 3. The van der Waals surface area contributed by atoms with Gasteiger partial charge in [0, 0.05) is 5.69 Å². The predicted octanol–water partition coefficient (Wildman–Crippen LogP) is 5.15. The van der Waals surface area contributed by atoms with Crippen molar-refractivity contribution in [2.45, 2.75) is 6.92 Å². The number of aryl methyl sites for hydroxylation is 1. The van der Waals surface area contributed by atoms with Gasteiger partial charge in [-0.1, -0.05) is 30.3 Å². The van der Waals surface area contributed by atoms with Gasteiger partial charge in [0.15, 0.2) is 29.6 Å². The molecule has 1 fully saturated rings. The van der Waals surface area contributed by atoms with Crippen LogP contribution in [0, 0.1) is 6.92 Å². The molecule has 3 aromatic rings. The highest BCUT2D eigenvalue weighted by molar-refractivity contribution is 8.18. The highest BCUT2D eigenvalue weighted by Gasteiger charge is 2.34. The van der Waals surface area contributed by atoms with Gasteiger partial charge in [-0.05, 0) is 72.3 Å². The lowest BCUT2D eigenvalue weighted by Crippen LogP contribution is -2.32. The first-order valence-corrected chi connectivity index (χ1v) is 12.9. The third-order valence-corrected chi connectivity index (χ3v) is 6.57. The number of imide groups is 1. The molecule has 10 heteroatoms. The summed E-state index contributed by atoms with van der Waals surface area (Å²) in [4.78, 5) is 39.1. The van der Waals surface area contributed by atoms with Crippen LogP contribution in [-0.2, 0) is 9.59 Å². The molecule has 0 saturated carbocycles. The number of amides is 3. The monoisotopic (exact) mass is 548 g/mol. The largest absolute Gasteiger partial charge is 0.493 e. The fourth-order valence-corrected chi connectivity index (χ4v) is 4.65. The van der Waals surface area contributed by atoms with Crippen molar-refractivity contribution in [2.24, 2.45) is 0 Å². The number of ether oxygens (including phenoxy) is 4. The van der Waals surface area contributed by atoms with Gasteiger partial charge in [0.05, 0.1) is 25.7 Å². The van der Waals surface area contributed by atoms with Gasteiger partial charge < -0.3 is 24.3 Å². The van der Waals surface area contributed by atoms with Crippen LogP contribution in [-0.4, -0.2) is 55.9 Å². The Morgan fingerprint density at radius 3 is 2.38 bits per heavy atom. The molecule has 3 amide bonds. The van der Waals surface area contributed by atoms with E-state index >= 15 is 0 Å². The quantitative estimate of drug-likeness (QED) is 0.329. The van der Waals surface area contributed by atoms with Gasteiger partial charge in [-0.25, -0.2) is 0 Å². The van der Waals surface area contributed by atoms with Crippen molar-refractivity contribution in [1.29, 1.82) is 0 Å². The van der Waals surface area contributed by atoms with Crippen LogP contribution in [0.3, 0.4) is 0 Å². The van der Waals surface area contributed by atoms with E-state index in [1.54, 1.807) is 49.6 Å². The Morgan fingerprint density at radius 1 is 0.897 bits per heavy atom. The second kappa shape index (κ2) is 12.9. The van der Waals surface area contributed by atoms with Crippen LogP contribution in [0.1, 0.15) is 11.1 Å². The Labute approximate surface area is 230 Å². The fourth-order valence-electron chi connectivity index (χ4n) is 3.79. The zero-order valence-corrected chi connectivity index (χ0v) is 22.6. The SMILES string of the molecule is COc1ccccc1OCCN1C(=O)S/C(=C\c2ccc(OCC(=O)Nc3cccc(C)c3)c(OC)c2)C1=O. The number of carbonyl (C=O) groups excluding carboxylic acids is 3. The van der Waals surface area contributed by atoms with Crippen molar-refractivity contribution >= 4 is 40.6 Å². The summed E-state index contributed by atoms with van der Waals surface area (Å²) in [5.74, 6) is 1.15. The molecule has 1 N–H and O–H groups in total. The first-order chi connectivity index (χ1) is 18.9. The number of thioether (sulfide) groups is 1. The van der Waals surface area contributed by atoms with Gasteiger partial charge in [0.2, 0.25) is 0 Å². The van der Waals surface area contributed by atoms with E-state index in [4.69, 9.17) is 18.9 Å². The van der Waals surface area contributed by atoms with Gasteiger partial charge in [-0.3, -0.25) is 19.3 Å². The van der Waals surface area contributed by atoms with Crippen molar-refractivity contribution in [3.8, 4) is 23.0 Å². The van der Waals surface area contributed by atoms with Crippen LogP contribution >= 0.6 is 11.8 Å². The third kappa shape index (κ3) is 7.11. The number of para-hydroxylation sites is 2. The van der Waals surface area contributed by atoms with Gasteiger partial charge in [-0.2, -0.15) is 0 Å². The van der Waals surface area contributed by atoms with E-state index in [1.165, 1.54) is 7.11 Å². The minimum Gasteiger partial charge on any atom is -0.493 e. The predicted molar refractivity (Wildman–Crippen MR) is 149 cm³/mol. The molecule has 4 rings (SSSR count). The average Bonchev–Trinajstić information content (AvgIpc) is 3.19. The first-order valence-electron chi connectivity index (χ1n) is 12.1. The van der Waals surface area contributed by atoms with E-state index in [-0.39, 0.29) is 35.8 Å². The van der Waals surface area contributed by atoms with Crippen LogP contribution in [0.5, 0.6) is 23.0 Å². The summed E-state index contributed by atoms with van der Waals surface area (Å²) in [5, 5.41) is 2.41. The fraction of sp³-hybridized carbons (Fsp3) is 0.207. The van der Waals surface area contributed by atoms with Gasteiger partial charge >= 0.3 is 0 Å². The Bertz CT molecular complexity index is 1410. The number of methoxy groups -OCH3 is 2. The molecule has 39 heavy (non-hydrogen) atoms. The lowest BCUT2D eigenvalue weighted by Gasteiger charge is -2.14. The second-order valence-electron chi connectivity index (χ2n) is 8.45. The van der Waals surface area contributed by atoms with Crippen LogP contribution in [0.25, 0.3) is 6.08 Å². The standard InChI is InChI=1S/C29H28N2O7S/c1-19-7-6-8-21(15-19)30-27(32)18-38-24-12-11-20(16-25(24)36-3)17-26-28(33)31(29(34)39-26)13-14-37-23-10-5-4-9-22(23)35-2/h4-12,15-17H,13-14,18H2,1-3H3,(H,30,32)/b26-17-. The Balaban J connectivity index is 1.35. The molecule has 0 aromatic heterocycles. The lowest BCUT2D eigenvalue weighted by atomic mass is 10.2. The van der Waals surface area contributed by atoms with Gasteiger partial charge in [0.25, 0.3) is 17.1 Å². The van der Waals surface area contributed by atoms with Gasteiger partial charge in [-0.15, -0.1) is 0 Å². The molecule has 0 unspecified atom stereocenters. The molecular weight excluding hydrogens is 520 g/mol. The smallest absolute Gasteiger partial charge is 0.293 e. The highest BCUT2D eigenvalue weighted by atomic mass is 32.2. The number of hydrogen-bond acceptors (Lipinski definition) is 8. The Morgan fingerprint density at radius 2 is 1.64 bits per heavy atom. The van der Waals surface area contributed by atoms with E-state index in [9.17, 15) is 14.4 Å². The van der Waals surface area contributed by atoms with Crippen molar-refractivity contribution in [3.05, 3.63) is 82.8 Å². The van der Waals surface area contributed by atoms with E-state index in [2.05, 4.69) is 5.32 Å². The number of hydrogen-bond donors (Lipinski definition) is 1. The summed E-state index contributed by atoms with van der Waals surface area (Å²) in [5.41, 5.74) is 2.36. The Kier molecular flexibility index (Phi) is 9.11. The maximum Gasteiger partial charge on any atom is 0.293 e. The molecule has 1 aliphatic heterocycles. The van der Waals surface area contributed by atoms with Crippen molar-refractivity contribution in [2.75, 3.05) is 39.3 Å². The molecule has 202 valence electrons. The van der Waals surface area contributed by atoms with Crippen LogP contribution in [0.4, 0.5) is 10.5 Å². The van der Waals surface area contributed by atoms with Crippen molar-refractivity contribution < 1.29 is 33.3 Å². The van der Waals surface area contributed by atoms with Crippen molar-refractivity contribution in [1.82, 2.24) is 4.90 Å². The molecule has 1 heterocycles. The van der Waals surface area contributed by atoms with Crippen molar-refractivity contribution in [3.63, 3.8) is 0 Å². The minimum atomic E-state index is -0.402. The summed E-state index contributed by atoms with van der Waals surface area (Å²) in [6.07, 6.45) is 1.61. The number of anilines is 1. The van der Waals surface area contributed by atoms with Crippen LogP contribution in [0.2, 0.25) is 0 Å². The maximum atomic E-state index is 12.9. The molecule has 0 radical (unpaired) electrons. The summed E-state index contributed by atoms with van der Waals surface area (Å²) in [6, 6.07) is 19.7. The third-order valence-electron chi connectivity index (χ3n) is 5.66. The number of nitrogens with zero attached hydrogens (tertiary/aromatic N) is 1. The van der Waals surface area contributed by atoms with E-state index in [0.717, 1.165) is 22.2 Å². The zero-order chi connectivity index (χ0) is 27.8. The molecule has 9 nitrogen and oxygen atoms in total. The highest BCUT2D eigenvalue weighted by Crippen LogP contribution is 2.35. The molecule has 1 saturated heterocycles. The summed E-state index contributed by atoms with van der Waals surface area (Å²) in [7, 11) is 3.02. The molecule has 0 atom stereocenters. The molecule has 3 aromatic carbocycles. The molecule has 0 spiro atoms. The van der Waals surface area contributed by atoms with E-state index in [0.29, 0.717) is 34.2 Å². The number of rotatable bonds is 11. The summed E-state index contributed by atoms with van der Waals surface area (Å²) < 4.78 is 22.0. The molecular formula is C29H28N2O7S. The molecule has 0 bridgehead atoms. The van der Waals surface area contributed by atoms with Gasteiger partial charge in [0.1, 0.15) is 6.61 Å². The first kappa shape index (κ1) is 27.6. The summed E-state index contributed by atoms with van der Waals surface area (Å²) in [6.45, 7) is 1.96. The molecule has 1 aliphatic rings. The van der Waals surface area contributed by atoms with E-state index in [1.807, 2.05) is 37.3 Å². The average molecular weight is 549 g/mol. The van der Waals surface area contributed by atoms with Crippen LogP contribution in [0.15, 0.2) is 71.6 Å². The number of benzene rings is 3. The zero-order valence-electron chi connectivity index (χ0n) is 21.8. The number of nitrogens with one attached hydrogen (secondary N) is 1. The Hall–Kier alpha value is -4.44. The minimum absolute atomic E-state index is 0.0980. The normalized spacial score (nSPS) is 13.9. The lowest BCUT2D eigenvalue weighted by molar-refractivity contribution is -0.123. The second-order valence-corrected chi connectivity index (χ2v) is 9.44.